The lowest BCUT2D eigenvalue weighted by Crippen LogP contribution is -2.42. The molecule has 1 rings (SSSR count). The highest BCUT2D eigenvalue weighted by molar-refractivity contribution is 5.75. The molecule has 0 aromatic heterocycles. The van der Waals surface area contributed by atoms with E-state index in [1.165, 1.54) is 38.5 Å². The number of rotatable bonds is 17. The lowest BCUT2D eigenvalue weighted by atomic mass is 9.79. The number of aliphatic carboxylic acids is 1. The number of aliphatic hydroxyl groups excluding tert-OH is 2. The van der Waals surface area contributed by atoms with Gasteiger partial charge in [0, 0.05) is 6.42 Å². The van der Waals surface area contributed by atoms with Gasteiger partial charge in [0.2, 0.25) is 0 Å². The SMILES string of the molecule is CCCCC(C)(C)CCC[C@H]1CC[C@H](O)[C@@H]1CCCCCC(O)(OCCO)C(=O)O. The molecule has 0 saturated heterocycles. The molecule has 178 valence electrons. The fraction of sp³-hybridized carbons (Fsp3) is 0.958. The number of carboxylic acids is 1. The zero-order valence-corrected chi connectivity index (χ0v) is 19.4. The lowest BCUT2D eigenvalue weighted by Gasteiger charge is -2.27. The number of carboxylic acid groups (broad SMARTS) is 1. The molecule has 30 heavy (non-hydrogen) atoms. The van der Waals surface area contributed by atoms with Gasteiger partial charge in [-0.2, -0.15) is 0 Å². The van der Waals surface area contributed by atoms with Gasteiger partial charge in [-0.1, -0.05) is 59.3 Å². The predicted molar refractivity (Wildman–Crippen MR) is 118 cm³/mol. The van der Waals surface area contributed by atoms with Crippen LogP contribution in [0.4, 0.5) is 0 Å². The summed E-state index contributed by atoms with van der Waals surface area (Å²) in [5.74, 6) is -2.70. The van der Waals surface area contributed by atoms with E-state index in [0.29, 0.717) is 23.7 Å². The van der Waals surface area contributed by atoms with Crippen molar-refractivity contribution in [1.29, 1.82) is 0 Å². The van der Waals surface area contributed by atoms with Crippen LogP contribution in [0.2, 0.25) is 0 Å². The van der Waals surface area contributed by atoms with Crippen molar-refractivity contribution in [3.05, 3.63) is 0 Å². The van der Waals surface area contributed by atoms with E-state index in [9.17, 15) is 15.0 Å². The average molecular weight is 431 g/mol. The average Bonchev–Trinajstić information content (AvgIpc) is 3.04. The van der Waals surface area contributed by atoms with Gasteiger partial charge in [0.15, 0.2) is 0 Å². The lowest BCUT2D eigenvalue weighted by molar-refractivity contribution is -0.228. The van der Waals surface area contributed by atoms with E-state index in [-0.39, 0.29) is 25.7 Å². The molecular weight excluding hydrogens is 384 g/mol. The molecule has 1 fully saturated rings. The van der Waals surface area contributed by atoms with E-state index >= 15 is 0 Å². The Morgan fingerprint density at radius 2 is 1.70 bits per heavy atom. The van der Waals surface area contributed by atoms with Crippen molar-refractivity contribution in [2.24, 2.45) is 17.3 Å². The summed E-state index contributed by atoms with van der Waals surface area (Å²) in [4.78, 5) is 11.2. The van der Waals surface area contributed by atoms with E-state index < -0.39 is 11.8 Å². The Morgan fingerprint density at radius 1 is 1.00 bits per heavy atom. The second kappa shape index (κ2) is 13.7. The van der Waals surface area contributed by atoms with Crippen LogP contribution in [0.1, 0.15) is 104 Å². The summed E-state index contributed by atoms with van der Waals surface area (Å²) in [7, 11) is 0. The van der Waals surface area contributed by atoms with Crippen molar-refractivity contribution in [3.63, 3.8) is 0 Å². The second-order valence-corrected chi connectivity index (χ2v) is 9.99. The number of ether oxygens (including phenoxy) is 1. The van der Waals surface area contributed by atoms with Crippen molar-refractivity contribution in [2.75, 3.05) is 13.2 Å². The summed E-state index contributed by atoms with van der Waals surface area (Å²) in [6.45, 7) is 6.45. The Kier molecular flexibility index (Phi) is 12.5. The Hall–Kier alpha value is -0.690. The summed E-state index contributed by atoms with van der Waals surface area (Å²) in [5, 5.41) is 38.4. The van der Waals surface area contributed by atoms with Crippen LogP contribution in [0.5, 0.6) is 0 Å². The molecular formula is C24H46O6. The van der Waals surface area contributed by atoms with Crippen molar-refractivity contribution in [2.45, 2.75) is 116 Å². The van der Waals surface area contributed by atoms with E-state index in [2.05, 4.69) is 20.8 Å². The summed E-state index contributed by atoms with van der Waals surface area (Å²) in [5.41, 5.74) is 0.405. The zero-order valence-electron chi connectivity index (χ0n) is 19.4. The van der Waals surface area contributed by atoms with Gasteiger partial charge in [0.05, 0.1) is 19.3 Å². The maximum absolute atomic E-state index is 11.2. The Labute approximate surface area is 183 Å². The maximum Gasteiger partial charge on any atom is 0.364 e. The van der Waals surface area contributed by atoms with Gasteiger partial charge in [-0.3, -0.25) is 0 Å². The first-order valence-corrected chi connectivity index (χ1v) is 12.0. The van der Waals surface area contributed by atoms with Gasteiger partial charge >= 0.3 is 5.97 Å². The highest BCUT2D eigenvalue weighted by atomic mass is 16.6. The van der Waals surface area contributed by atoms with Gasteiger partial charge < -0.3 is 25.2 Å². The van der Waals surface area contributed by atoms with E-state index in [0.717, 1.165) is 32.1 Å². The summed E-state index contributed by atoms with van der Waals surface area (Å²) >= 11 is 0. The number of aliphatic hydroxyl groups is 3. The Bertz CT molecular complexity index is 480. The molecule has 0 amide bonds. The highest BCUT2D eigenvalue weighted by Gasteiger charge is 2.37. The topological polar surface area (TPSA) is 107 Å². The first-order valence-electron chi connectivity index (χ1n) is 12.0. The van der Waals surface area contributed by atoms with Crippen LogP contribution < -0.4 is 0 Å². The molecule has 4 atom stereocenters. The van der Waals surface area contributed by atoms with Crippen LogP contribution in [0, 0.1) is 17.3 Å². The minimum absolute atomic E-state index is 0.00578. The molecule has 6 nitrogen and oxygen atoms in total. The summed E-state index contributed by atoms with van der Waals surface area (Å²) in [6.07, 6.45) is 12.4. The van der Waals surface area contributed by atoms with Gasteiger partial charge in [0.25, 0.3) is 5.79 Å². The van der Waals surface area contributed by atoms with Crippen LogP contribution in [-0.2, 0) is 9.53 Å². The molecule has 0 heterocycles. The highest BCUT2D eigenvalue weighted by Crippen LogP contribution is 2.40. The quantitative estimate of drug-likeness (QED) is 0.200. The summed E-state index contributed by atoms with van der Waals surface area (Å²) < 4.78 is 4.92. The molecule has 0 bridgehead atoms. The number of hydrogen-bond donors (Lipinski definition) is 4. The predicted octanol–water partition coefficient (Wildman–Crippen LogP) is 4.49. The summed E-state index contributed by atoms with van der Waals surface area (Å²) in [6, 6.07) is 0. The molecule has 0 aliphatic heterocycles. The monoisotopic (exact) mass is 430 g/mol. The van der Waals surface area contributed by atoms with Crippen molar-refractivity contribution < 1.29 is 30.0 Å². The zero-order chi connectivity index (χ0) is 22.6. The number of unbranched alkanes of at least 4 members (excludes halogenated alkanes) is 3. The molecule has 0 radical (unpaired) electrons. The number of carbonyl (C=O) groups is 1. The fourth-order valence-corrected chi connectivity index (χ4v) is 4.91. The van der Waals surface area contributed by atoms with Crippen molar-refractivity contribution in [1.82, 2.24) is 0 Å². The smallest absolute Gasteiger partial charge is 0.364 e. The van der Waals surface area contributed by atoms with Gasteiger partial charge in [-0.05, 0) is 55.8 Å². The molecule has 0 spiro atoms. The molecule has 1 saturated carbocycles. The van der Waals surface area contributed by atoms with Crippen molar-refractivity contribution in [3.8, 4) is 0 Å². The third kappa shape index (κ3) is 9.63. The molecule has 1 unspecified atom stereocenters. The van der Waals surface area contributed by atoms with E-state index in [4.69, 9.17) is 14.9 Å². The van der Waals surface area contributed by atoms with E-state index in [1.807, 2.05) is 0 Å². The Morgan fingerprint density at radius 3 is 2.33 bits per heavy atom. The fourth-order valence-electron chi connectivity index (χ4n) is 4.91. The minimum Gasteiger partial charge on any atom is -0.477 e. The minimum atomic E-state index is -2.22. The normalized spacial score (nSPS) is 24.1. The molecule has 0 aromatic rings. The van der Waals surface area contributed by atoms with Crippen LogP contribution >= 0.6 is 0 Å². The van der Waals surface area contributed by atoms with Crippen LogP contribution in [-0.4, -0.2) is 51.5 Å². The van der Waals surface area contributed by atoms with Crippen LogP contribution in [0.25, 0.3) is 0 Å². The molecule has 6 heteroatoms. The van der Waals surface area contributed by atoms with Crippen LogP contribution in [0.3, 0.4) is 0 Å². The van der Waals surface area contributed by atoms with Gasteiger partial charge in [-0.15, -0.1) is 0 Å². The standard InChI is InChI=1S/C24H46O6/c1-4-5-14-23(2,3)15-9-10-19-12-13-21(26)20(19)11-7-6-8-16-24(29,22(27)28)30-18-17-25/h19-21,25-26,29H,4-18H2,1-3H3,(H,27,28)/t19-,20+,21-,24?/m0/s1. The van der Waals surface area contributed by atoms with Crippen molar-refractivity contribution >= 4 is 5.97 Å². The molecule has 1 aliphatic carbocycles. The molecule has 4 N–H and O–H groups in total. The van der Waals surface area contributed by atoms with Gasteiger partial charge in [-0.25, -0.2) is 4.79 Å². The van der Waals surface area contributed by atoms with Gasteiger partial charge in [0.1, 0.15) is 0 Å². The van der Waals surface area contributed by atoms with E-state index in [1.54, 1.807) is 0 Å². The first-order chi connectivity index (χ1) is 14.1. The maximum atomic E-state index is 11.2. The third-order valence-electron chi connectivity index (χ3n) is 6.89. The molecule has 0 aromatic carbocycles. The third-order valence-corrected chi connectivity index (χ3v) is 6.89. The second-order valence-electron chi connectivity index (χ2n) is 9.99. The Balaban J connectivity index is 2.34. The largest absolute Gasteiger partial charge is 0.477 e. The van der Waals surface area contributed by atoms with Crippen LogP contribution in [0.15, 0.2) is 0 Å². The number of hydrogen-bond acceptors (Lipinski definition) is 5. The first kappa shape index (κ1) is 27.3. The molecule has 1 aliphatic rings.